The fraction of sp³-hybridized carbons (Fsp3) is 0.308. The summed E-state index contributed by atoms with van der Waals surface area (Å²) in [6, 6.07) is 5.97. The third-order valence-electron chi connectivity index (χ3n) is 2.62. The smallest absolute Gasteiger partial charge is 0.0719 e. The Bertz CT molecular complexity index is 479. The molecule has 0 aliphatic heterocycles. The number of nitrogens with one attached hydrogen (secondary N) is 1. The number of hydrogen-bond donors (Lipinski definition) is 1. The van der Waals surface area contributed by atoms with Gasteiger partial charge in [-0.3, -0.25) is 4.98 Å². The Labute approximate surface area is 106 Å². The third-order valence-corrected chi connectivity index (χ3v) is 2.95. The first-order valence-electron chi connectivity index (χ1n) is 5.78. The van der Waals surface area contributed by atoms with Gasteiger partial charge in [-0.15, -0.1) is 0 Å². The number of aromatic nitrogens is 2. The van der Waals surface area contributed by atoms with Gasteiger partial charge in [0.15, 0.2) is 0 Å². The van der Waals surface area contributed by atoms with Gasteiger partial charge in [0.1, 0.15) is 0 Å². The number of nitrogens with zero attached hydrogens (tertiary/aromatic N) is 2. The molecule has 0 aliphatic rings. The minimum atomic E-state index is 0.702. The summed E-state index contributed by atoms with van der Waals surface area (Å²) in [5.74, 6) is 0. The second kappa shape index (κ2) is 5.73. The summed E-state index contributed by atoms with van der Waals surface area (Å²) in [6.07, 6.45) is 6.67. The predicted octanol–water partition coefficient (Wildman–Crippen LogP) is 3.56. The van der Waals surface area contributed by atoms with E-state index in [0.717, 1.165) is 25.2 Å². The summed E-state index contributed by atoms with van der Waals surface area (Å²) >= 11 is 6.06. The molecule has 2 aromatic rings. The van der Waals surface area contributed by atoms with Gasteiger partial charge < -0.3 is 9.88 Å². The molecule has 0 saturated heterocycles. The van der Waals surface area contributed by atoms with E-state index in [1.165, 1.54) is 5.69 Å². The number of anilines is 1. The lowest BCUT2D eigenvalue weighted by Gasteiger charge is -2.10. The first-order valence-corrected chi connectivity index (χ1v) is 6.16. The molecule has 2 aromatic heterocycles. The van der Waals surface area contributed by atoms with E-state index >= 15 is 0 Å². The first-order chi connectivity index (χ1) is 8.31. The number of halogens is 1. The van der Waals surface area contributed by atoms with Crippen molar-refractivity contribution >= 4 is 17.3 Å². The van der Waals surface area contributed by atoms with Gasteiger partial charge in [-0.05, 0) is 24.6 Å². The lowest BCUT2D eigenvalue weighted by Crippen LogP contribution is -2.07. The summed E-state index contributed by atoms with van der Waals surface area (Å²) in [6.45, 7) is 3.98. The molecule has 0 spiro atoms. The summed E-state index contributed by atoms with van der Waals surface area (Å²) in [5.41, 5.74) is 2.13. The molecule has 17 heavy (non-hydrogen) atoms. The Balaban J connectivity index is 2.02. The highest BCUT2D eigenvalue weighted by atomic mass is 35.5. The van der Waals surface area contributed by atoms with Crippen LogP contribution in [0.5, 0.6) is 0 Å². The lowest BCUT2D eigenvalue weighted by molar-refractivity contribution is 0.654. The molecule has 0 aliphatic carbocycles. The summed E-state index contributed by atoms with van der Waals surface area (Å²) in [7, 11) is 0. The fourth-order valence-electron chi connectivity index (χ4n) is 1.76. The second-order valence-corrected chi connectivity index (χ2v) is 4.31. The van der Waals surface area contributed by atoms with Crippen molar-refractivity contribution in [3.05, 3.63) is 47.5 Å². The zero-order chi connectivity index (χ0) is 12.1. The molecular weight excluding hydrogens is 234 g/mol. The van der Waals surface area contributed by atoms with Gasteiger partial charge >= 0.3 is 0 Å². The Morgan fingerprint density at radius 2 is 2.29 bits per heavy atom. The average Bonchev–Trinajstić information content (AvgIpc) is 2.76. The molecule has 90 valence electrons. The molecule has 0 aromatic carbocycles. The minimum absolute atomic E-state index is 0.702. The molecule has 0 fully saturated rings. The second-order valence-electron chi connectivity index (χ2n) is 3.90. The van der Waals surface area contributed by atoms with Crippen molar-refractivity contribution in [2.24, 2.45) is 0 Å². The van der Waals surface area contributed by atoms with Crippen LogP contribution in [0, 0.1) is 0 Å². The molecule has 2 heterocycles. The van der Waals surface area contributed by atoms with Crippen molar-refractivity contribution in [1.29, 1.82) is 0 Å². The van der Waals surface area contributed by atoms with Crippen LogP contribution in [-0.2, 0) is 13.1 Å². The van der Waals surface area contributed by atoms with Crippen LogP contribution >= 0.6 is 11.6 Å². The van der Waals surface area contributed by atoms with Crippen molar-refractivity contribution in [2.45, 2.75) is 26.4 Å². The maximum atomic E-state index is 6.06. The molecule has 0 unspecified atom stereocenters. The van der Waals surface area contributed by atoms with E-state index in [4.69, 9.17) is 11.6 Å². The third kappa shape index (κ3) is 3.01. The molecule has 4 heteroatoms. The van der Waals surface area contributed by atoms with Gasteiger partial charge in [0.25, 0.3) is 0 Å². The lowest BCUT2D eigenvalue weighted by atomic mass is 10.3. The van der Waals surface area contributed by atoms with Crippen LogP contribution in [0.2, 0.25) is 5.02 Å². The highest BCUT2D eigenvalue weighted by Crippen LogP contribution is 2.19. The van der Waals surface area contributed by atoms with Crippen LogP contribution in [-0.4, -0.2) is 9.55 Å². The Hall–Kier alpha value is -1.48. The van der Waals surface area contributed by atoms with Crippen LogP contribution < -0.4 is 5.32 Å². The molecular formula is C13H16ClN3. The predicted molar refractivity (Wildman–Crippen MR) is 71.3 cm³/mol. The molecule has 0 atom stereocenters. The maximum absolute atomic E-state index is 6.06. The highest BCUT2D eigenvalue weighted by molar-refractivity contribution is 6.33. The van der Waals surface area contributed by atoms with Gasteiger partial charge in [-0.1, -0.05) is 18.5 Å². The number of hydrogen-bond acceptors (Lipinski definition) is 2. The summed E-state index contributed by atoms with van der Waals surface area (Å²) < 4.78 is 2.25. The van der Waals surface area contributed by atoms with E-state index < -0.39 is 0 Å². The van der Waals surface area contributed by atoms with Crippen molar-refractivity contribution in [2.75, 3.05) is 5.32 Å². The summed E-state index contributed by atoms with van der Waals surface area (Å²) in [5, 5.41) is 4.00. The molecule has 2 rings (SSSR count). The Morgan fingerprint density at radius 3 is 3.06 bits per heavy atom. The average molecular weight is 250 g/mol. The van der Waals surface area contributed by atoms with Crippen molar-refractivity contribution in [3.8, 4) is 0 Å². The van der Waals surface area contributed by atoms with Gasteiger partial charge in [0.2, 0.25) is 0 Å². The van der Waals surface area contributed by atoms with Gasteiger partial charge in [0.05, 0.1) is 23.5 Å². The Kier molecular flexibility index (Phi) is 4.04. The highest BCUT2D eigenvalue weighted by Gasteiger charge is 2.02. The number of pyridine rings is 1. The molecule has 0 radical (unpaired) electrons. The van der Waals surface area contributed by atoms with E-state index in [9.17, 15) is 0 Å². The van der Waals surface area contributed by atoms with Crippen LogP contribution in [0.3, 0.4) is 0 Å². The summed E-state index contributed by atoms with van der Waals surface area (Å²) in [4.78, 5) is 4.05. The number of rotatable bonds is 5. The zero-order valence-electron chi connectivity index (χ0n) is 9.86. The Morgan fingerprint density at radius 1 is 1.41 bits per heavy atom. The minimum Gasteiger partial charge on any atom is -0.377 e. The first kappa shape index (κ1) is 12.0. The van der Waals surface area contributed by atoms with E-state index in [1.54, 1.807) is 18.5 Å². The van der Waals surface area contributed by atoms with Gasteiger partial charge in [-0.2, -0.15) is 0 Å². The van der Waals surface area contributed by atoms with Crippen LogP contribution in [0.25, 0.3) is 0 Å². The number of aryl methyl sites for hydroxylation is 1. The van der Waals surface area contributed by atoms with E-state index in [-0.39, 0.29) is 0 Å². The van der Waals surface area contributed by atoms with Crippen LogP contribution in [0.15, 0.2) is 36.8 Å². The van der Waals surface area contributed by atoms with Gasteiger partial charge in [0, 0.05) is 24.6 Å². The van der Waals surface area contributed by atoms with Crippen molar-refractivity contribution in [1.82, 2.24) is 9.55 Å². The monoisotopic (exact) mass is 249 g/mol. The van der Waals surface area contributed by atoms with E-state index in [1.807, 2.05) is 0 Å². The fourth-order valence-corrected chi connectivity index (χ4v) is 1.93. The molecule has 0 amide bonds. The quantitative estimate of drug-likeness (QED) is 0.878. The van der Waals surface area contributed by atoms with Crippen LogP contribution in [0.4, 0.5) is 5.69 Å². The SMILES string of the molecule is CCCn1cccc1CNc1cnccc1Cl. The molecule has 0 bridgehead atoms. The topological polar surface area (TPSA) is 29.9 Å². The van der Waals surface area contributed by atoms with E-state index in [0.29, 0.717) is 5.02 Å². The normalized spacial score (nSPS) is 10.5. The van der Waals surface area contributed by atoms with Gasteiger partial charge in [-0.25, -0.2) is 0 Å². The van der Waals surface area contributed by atoms with Crippen LogP contribution in [0.1, 0.15) is 19.0 Å². The van der Waals surface area contributed by atoms with Crippen molar-refractivity contribution in [3.63, 3.8) is 0 Å². The molecule has 3 nitrogen and oxygen atoms in total. The van der Waals surface area contributed by atoms with E-state index in [2.05, 4.69) is 40.1 Å². The molecule has 0 saturated carbocycles. The van der Waals surface area contributed by atoms with Crippen molar-refractivity contribution < 1.29 is 0 Å². The maximum Gasteiger partial charge on any atom is 0.0719 e. The standard InChI is InChI=1S/C13H16ClN3/c1-2-7-17-8-3-4-11(17)9-16-13-10-15-6-5-12(13)14/h3-6,8,10,16H,2,7,9H2,1H3. The zero-order valence-corrected chi connectivity index (χ0v) is 10.6. The largest absolute Gasteiger partial charge is 0.377 e. The molecule has 1 N–H and O–H groups in total.